The standard InChI is InChI=1S/C16H12Cl2N2O5/c1-9(25-16(22)10-5-11(17)7-12(18)6-10)15(21)19-13-3-2-4-14(8-13)20(23)24/h2-9H,1H3,(H,19,21)/t9-/m1/s1. The van der Waals surface area contributed by atoms with Crippen LogP contribution in [0.2, 0.25) is 10.0 Å². The highest BCUT2D eigenvalue weighted by Gasteiger charge is 2.20. The zero-order valence-electron chi connectivity index (χ0n) is 12.9. The van der Waals surface area contributed by atoms with Gasteiger partial charge in [0.1, 0.15) is 0 Å². The number of amides is 1. The summed E-state index contributed by atoms with van der Waals surface area (Å²) in [5, 5.41) is 13.7. The molecule has 7 nitrogen and oxygen atoms in total. The summed E-state index contributed by atoms with van der Waals surface area (Å²) < 4.78 is 5.06. The second-order valence-corrected chi connectivity index (χ2v) is 5.88. The first-order valence-electron chi connectivity index (χ1n) is 6.98. The first kappa shape index (κ1) is 18.7. The molecule has 0 aliphatic heterocycles. The summed E-state index contributed by atoms with van der Waals surface area (Å²) in [6.07, 6.45) is -1.13. The lowest BCUT2D eigenvalue weighted by atomic mass is 10.2. The van der Waals surface area contributed by atoms with E-state index in [1.54, 1.807) is 0 Å². The van der Waals surface area contributed by atoms with Gasteiger partial charge in [-0.3, -0.25) is 14.9 Å². The van der Waals surface area contributed by atoms with E-state index in [1.165, 1.54) is 49.4 Å². The summed E-state index contributed by atoms with van der Waals surface area (Å²) in [6, 6.07) is 9.58. The van der Waals surface area contributed by atoms with Crippen LogP contribution in [0.15, 0.2) is 42.5 Å². The number of nitro benzene ring substituents is 1. The number of nitro groups is 1. The highest BCUT2D eigenvalue weighted by Crippen LogP contribution is 2.20. The van der Waals surface area contributed by atoms with Crippen molar-refractivity contribution in [1.29, 1.82) is 0 Å². The molecule has 0 fully saturated rings. The topological polar surface area (TPSA) is 98.5 Å². The van der Waals surface area contributed by atoms with Crippen LogP contribution in [0.5, 0.6) is 0 Å². The van der Waals surface area contributed by atoms with Crippen LogP contribution in [-0.4, -0.2) is 22.9 Å². The summed E-state index contributed by atoms with van der Waals surface area (Å²) in [5.74, 6) is -1.41. The van der Waals surface area contributed by atoms with Crippen molar-refractivity contribution < 1.29 is 19.2 Å². The molecule has 0 aliphatic rings. The Hall–Kier alpha value is -2.64. The van der Waals surface area contributed by atoms with Gasteiger partial charge in [-0.05, 0) is 31.2 Å². The Morgan fingerprint density at radius 3 is 2.40 bits per heavy atom. The van der Waals surface area contributed by atoms with E-state index in [0.717, 1.165) is 0 Å². The van der Waals surface area contributed by atoms with Crippen LogP contribution >= 0.6 is 23.2 Å². The number of esters is 1. The van der Waals surface area contributed by atoms with Crippen LogP contribution in [0.1, 0.15) is 17.3 Å². The zero-order valence-corrected chi connectivity index (χ0v) is 14.4. The van der Waals surface area contributed by atoms with E-state index in [0.29, 0.717) is 0 Å². The Bertz CT molecular complexity index is 821. The lowest BCUT2D eigenvalue weighted by Crippen LogP contribution is -2.30. The van der Waals surface area contributed by atoms with Gasteiger partial charge < -0.3 is 10.1 Å². The molecule has 2 aromatic carbocycles. The highest BCUT2D eigenvalue weighted by molar-refractivity contribution is 6.35. The van der Waals surface area contributed by atoms with Gasteiger partial charge in [-0.1, -0.05) is 29.3 Å². The van der Waals surface area contributed by atoms with E-state index < -0.39 is 22.9 Å². The predicted molar refractivity (Wildman–Crippen MR) is 93.1 cm³/mol. The Kier molecular flexibility index (Phi) is 5.95. The summed E-state index contributed by atoms with van der Waals surface area (Å²) in [5.41, 5.74) is 0.149. The van der Waals surface area contributed by atoms with Crippen molar-refractivity contribution in [3.63, 3.8) is 0 Å². The normalized spacial score (nSPS) is 11.5. The molecule has 1 atom stereocenters. The first-order valence-corrected chi connectivity index (χ1v) is 7.74. The van der Waals surface area contributed by atoms with E-state index in [9.17, 15) is 19.7 Å². The number of halogens is 2. The molecule has 0 aliphatic carbocycles. The van der Waals surface area contributed by atoms with Crippen LogP contribution in [0, 0.1) is 10.1 Å². The molecule has 0 saturated carbocycles. The molecule has 2 rings (SSSR count). The molecule has 9 heteroatoms. The number of non-ortho nitro benzene ring substituents is 1. The number of hydrogen-bond acceptors (Lipinski definition) is 5. The average Bonchev–Trinajstić information content (AvgIpc) is 2.54. The minimum atomic E-state index is -1.13. The van der Waals surface area contributed by atoms with Crippen molar-refractivity contribution in [3.05, 3.63) is 68.2 Å². The maximum Gasteiger partial charge on any atom is 0.339 e. The van der Waals surface area contributed by atoms with Crippen LogP contribution in [0.25, 0.3) is 0 Å². The molecule has 25 heavy (non-hydrogen) atoms. The van der Waals surface area contributed by atoms with Gasteiger partial charge in [0.15, 0.2) is 6.10 Å². The van der Waals surface area contributed by atoms with E-state index >= 15 is 0 Å². The first-order chi connectivity index (χ1) is 11.8. The fourth-order valence-corrected chi connectivity index (χ4v) is 2.42. The Morgan fingerprint density at radius 1 is 1.16 bits per heavy atom. The highest BCUT2D eigenvalue weighted by atomic mass is 35.5. The number of anilines is 1. The molecule has 0 spiro atoms. The predicted octanol–water partition coefficient (Wildman–Crippen LogP) is 4.09. The van der Waals surface area contributed by atoms with Crippen molar-refractivity contribution in [2.24, 2.45) is 0 Å². The van der Waals surface area contributed by atoms with Crippen LogP contribution in [0.4, 0.5) is 11.4 Å². The number of rotatable bonds is 5. The largest absolute Gasteiger partial charge is 0.449 e. The van der Waals surface area contributed by atoms with E-state index in [1.807, 2.05) is 0 Å². The molecule has 0 heterocycles. The minimum Gasteiger partial charge on any atom is -0.449 e. The lowest BCUT2D eigenvalue weighted by Gasteiger charge is -2.13. The second-order valence-electron chi connectivity index (χ2n) is 5.00. The van der Waals surface area contributed by atoms with Gasteiger partial charge >= 0.3 is 5.97 Å². The number of hydrogen-bond donors (Lipinski definition) is 1. The van der Waals surface area contributed by atoms with Gasteiger partial charge in [0.25, 0.3) is 11.6 Å². The minimum absolute atomic E-state index is 0.104. The van der Waals surface area contributed by atoms with Crippen molar-refractivity contribution in [1.82, 2.24) is 0 Å². The monoisotopic (exact) mass is 382 g/mol. The van der Waals surface area contributed by atoms with E-state index in [4.69, 9.17) is 27.9 Å². The lowest BCUT2D eigenvalue weighted by molar-refractivity contribution is -0.384. The molecule has 0 radical (unpaired) electrons. The van der Waals surface area contributed by atoms with Gasteiger partial charge in [-0.15, -0.1) is 0 Å². The molecule has 2 aromatic rings. The zero-order chi connectivity index (χ0) is 18.6. The number of carbonyl (C=O) groups excluding carboxylic acids is 2. The van der Waals surface area contributed by atoms with Gasteiger partial charge in [0.2, 0.25) is 0 Å². The number of benzene rings is 2. The number of ether oxygens (including phenoxy) is 1. The van der Waals surface area contributed by atoms with Gasteiger partial charge in [-0.2, -0.15) is 0 Å². The SMILES string of the molecule is C[C@@H](OC(=O)c1cc(Cl)cc(Cl)c1)C(=O)Nc1cccc([N+](=O)[O-])c1. The van der Waals surface area contributed by atoms with E-state index in [-0.39, 0.29) is 27.0 Å². The quantitative estimate of drug-likeness (QED) is 0.477. The number of nitrogens with one attached hydrogen (secondary N) is 1. The molecular weight excluding hydrogens is 371 g/mol. The van der Waals surface area contributed by atoms with Crippen LogP contribution in [0.3, 0.4) is 0 Å². The van der Waals surface area contributed by atoms with Gasteiger partial charge in [-0.25, -0.2) is 4.79 Å². The smallest absolute Gasteiger partial charge is 0.339 e. The van der Waals surface area contributed by atoms with E-state index in [2.05, 4.69) is 5.32 Å². The third-order valence-corrected chi connectivity index (χ3v) is 3.51. The third-order valence-electron chi connectivity index (χ3n) is 3.08. The number of nitrogens with zero attached hydrogens (tertiary/aromatic N) is 1. The molecule has 0 unspecified atom stereocenters. The molecule has 1 amide bonds. The van der Waals surface area contributed by atoms with Crippen molar-refractivity contribution in [2.75, 3.05) is 5.32 Å². The summed E-state index contributed by atoms with van der Waals surface area (Å²) in [7, 11) is 0. The maximum absolute atomic E-state index is 12.1. The maximum atomic E-state index is 12.1. The Balaban J connectivity index is 2.03. The van der Waals surface area contributed by atoms with Crippen molar-refractivity contribution in [2.45, 2.75) is 13.0 Å². The Labute approximate surface area is 152 Å². The number of carbonyl (C=O) groups is 2. The Morgan fingerprint density at radius 2 is 1.80 bits per heavy atom. The van der Waals surface area contributed by atoms with Crippen molar-refractivity contribution >= 4 is 46.5 Å². The van der Waals surface area contributed by atoms with Crippen LogP contribution in [-0.2, 0) is 9.53 Å². The van der Waals surface area contributed by atoms with Crippen molar-refractivity contribution in [3.8, 4) is 0 Å². The molecule has 1 N–H and O–H groups in total. The molecule has 130 valence electrons. The third kappa shape index (κ3) is 5.17. The van der Waals surface area contributed by atoms with Crippen LogP contribution < -0.4 is 5.32 Å². The molecule has 0 saturated heterocycles. The molecule has 0 bridgehead atoms. The summed E-state index contributed by atoms with van der Waals surface area (Å²) in [4.78, 5) is 34.3. The fourth-order valence-electron chi connectivity index (χ4n) is 1.89. The van der Waals surface area contributed by atoms with Gasteiger partial charge in [0, 0.05) is 27.9 Å². The second kappa shape index (κ2) is 7.96. The van der Waals surface area contributed by atoms with Gasteiger partial charge in [0.05, 0.1) is 10.5 Å². The average molecular weight is 383 g/mol. The molecular formula is C16H12Cl2N2O5. The summed E-state index contributed by atoms with van der Waals surface area (Å²) >= 11 is 11.6. The fraction of sp³-hybridized carbons (Fsp3) is 0.125. The summed E-state index contributed by atoms with van der Waals surface area (Å²) in [6.45, 7) is 1.37. The molecule has 0 aromatic heterocycles.